The van der Waals surface area contributed by atoms with Crippen molar-refractivity contribution < 1.29 is 4.79 Å². The van der Waals surface area contributed by atoms with Crippen molar-refractivity contribution in [3.05, 3.63) is 36.2 Å². The number of hydrogen-bond donors (Lipinski definition) is 2. The fourth-order valence-corrected chi connectivity index (χ4v) is 2.50. The smallest absolute Gasteiger partial charge is 0.251 e. The lowest BCUT2D eigenvalue weighted by atomic mass is 9.94. The first-order valence-corrected chi connectivity index (χ1v) is 7.09. The maximum Gasteiger partial charge on any atom is 0.251 e. The van der Waals surface area contributed by atoms with Gasteiger partial charge in [0.25, 0.3) is 5.91 Å². The molecule has 2 heterocycles. The highest BCUT2D eigenvalue weighted by Crippen LogP contribution is 2.13. The summed E-state index contributed by atoms with van der Waals surface area (Å²) in [5.74, 6) is 0.420. The molecule has 7 heteroatoms. The van der Waals surface area contributed by atoms with E-state index in [0.717, 1.165) is 25.2 Å². The Bertz CT molecular complexity index is 612. The van der Waals surface area contributed by atoms with Gasteiger partial charge in [0.1, 0.15) is 6.33 Å². The van der Waals surface area contributed by atoms with Crippen LogP contribution >= 0.6 is 0 Å². The van der Waals surface area contributed by atoms with E-state index in [1.54, 1.807) is 12.1 Å². The van der Waals surface area contributed by atoms with Crippen molar-refractivity contribution in [3.8, 4) is 5.69 Å². The number of benzene rings is 1. The van der Waals surface area contributed by atoms with Gasteiger partial charge in [0.15, 0.2) is 0 Å². The summed E-state index contributed by atoms with van der Waals surface area (Å²) in [6.45, 7) is 4.01. The van der Waals surface area contributed by atoms with Crippen LogP contribution in [0.3, 0.4) is 0 Å². The Morgan fingerprint density at radius 2 is 2.38 bits per heavy atom. The first-order chi connectivity index (χ1) is 10.2. The van der Waals surface area contributed by atoms with Crippen molar-refractivity contribution in [2.75, 3.05) is 13.1 Å². The van der Waals surface area contributed by atoms with Crippen LogP contribution in [-0.4, -0.2) is 45.2 Å². The van der Waals surface area contributed by atoms with Crippen molar-refractivity contribution in [2.45, 2.75) is 19.4 Å². The standard InChI is InChI=1S/C14H18N6O/c1-10-5-6-15-8-13(10)17-14(21)11-3-2-4-12(7-11)20-9-16-18-19-20/h2-4,7,9-10,13,15H,5-6,8H2,1H3,(H,17,21). The van der Waals surface area contributed by atoms with E-state index < -0.39 is 0 Å². The summed E-state index contributed by atoms with van der Waals surface area (Å²) < 4.78 is 1.53. The molecule has 21 heavy (non-hydrogen) atoms. The minimum absolute atomic E-state index is 0.0644. The number of aromatic nitrogens is 4. The molecule has 1 aliphatic rings. The third-order valence-corrected chi connectivity index (χ3v) is 3.87. The highest BCUT2D eigenvalue weighted by molar-refractivity contribution is 5.94. The Kier molecular flexibility index (Phi) is 3.92. The monoisotopic (exact) mass is 286 g/mol. The summed E-state index contributed by atoms with van der Waals surface area (Å²) in [6, 6.07) is 7.44. The number of rotatable bonds is 3. The molecule has 1 amide bonds. The van der Waals surface area contributed by atoms with E-state index in [0.29, 0.717) is 11.5 Å². The number of amides is 1. The van der Waals surface area contributed by atoms with Crippen LogP contribution in [-0.2, 0) is 0 Å². The SMILES string of the molecule is CC1CCNCC1NC(=O)c1cccc(-n2cnnn2)c1. The molecule has 1 aromatic carbocycles. The van der Waals surface area contributed by atoms with Crippen LogP contribution in [0.2, 0.25) is 0 Å². The third-order valence-electron chi connectivity index (χ3n) is 3.87. The van der Waals surface area contributed by atoms with Gasteiger partial charge in [-0.25, -0.2) is 4.68 Å². The largest absolute Gasteiger partial charge is 0.348 e. The van der Waals surface area contributed by atoms with Gasteiger partial charge in [-0.05, 0) is 47.5 Å². The minimum atomic E-state index is -0.0644. The van der Waals surface area contributed by atoms with E-state index in [9.17, 15) is 4.79 Å². The van der Waals surface area contributed by atoms with E-state index >= 15 is 0 Å². The molecule has 1 aromatic heterocycles. The van der Waals surface area contributed by atoms with Crippen LogP contribution in [0.15, 0.2) is 30.6 Å². The number of piperidine rings is 1. The van der Waals surface area contributed by atoms with Crippen LogP contribution in [0, 0.1) is 5.92 Å². The van der Waals surface area contributed by atoms with Gasteiger partial charge >= 0.3 is 0 Å². The number of tetrazole rings is 1. The zero-order valence-electron chi connectivity index (χ0n) is 11.9. The Morgan fingerprint density at radius 3 is 3.14 bits per heavy atom. The lowest BCUT2D eigenvalue weighted by Crippen LogP contribution is -2.50. The molecule has 110 valence electrons. The molecule has 2 unspecified atom stereocenters. The molecule has 1 aliphatic heterocycles. The quantitative estimate of drug-likeness (QED) is 0.852. The normalized spacial score (nSPS) is 22.0. The van der Waals surface area contributed by atoms with E-state index in [-0.39, 0.29) is 11.9 Å². The molecule has 0 aliphatic carbocycles. The van der Waals surface area contributed by atoms with Crippen molar-refractivity contribution in [1.82, 2.24) is 30.8 Å². The molecule has 1 saturated heterocycles. The summed E-state index contributed by atoms with van der Waals surface area (Å²) in [7, 11) is 0. The van der Waals surface area contributed by atoms with Crippen LogP contribution in [0.25, 0.3) is 5.69 Å². The number of carbonyl (C=O) groups excluding carboxylic acids is 1. The van der Waals surface area contributed by atoms with E-state index in [1.165, 1.54) is 11.0 Å². The molecule has 0 bridgehead atoms. The van der Waals surface area contributed by atoms with Crippen LogP contribution in [0.4, 0.5) is 0 Å². The van der Waals surface area contributed by atoms with Crippen molar-refractivity contribution in [3.63, 3.8) is 0 Å². The van der Waals surface area contributed by atoms with Gasteiger partial charge in [-0.3, -0.25) is 4.79 Å². The summed E-state index contributed by atoms with van der Waals surface area (Å²) >= 11 is 0. The van der Waals surface area contributed by atoms with Gasteiger partial charge in [-0.1, -0.05) is 13.0 Å². The second-order valence-corrected chi connectivity index (χ2v) is 5.35. The van der Waals surface area contributed by atoms with Gasteiger partial charge in [-0.15, -0.1) is 5.10 Å². The van der Waals surface area contributed by atoms with E-state index in [2.05, 4.69) is 33.1 Å². The Labute approximate surface area is 122 Å². The zero-order chi connectivity index (χ0) is 14.7. The summed E-state index contributed by atoms with van der Waals surface area (Å²) in [4.78, 5) is 12.4. The lowest BCUT2D eigenvalue weighted by molar-refractivity contribution is 0.0915. The highest BCUT2D eigenvalue weighted by Gasteiger charge is 2.23. The molecule has 1 fully saturated rings. The van der Waals surface area contributed by atoms with Crippen LogP contribution < -0.4 is 10.6 Å². The van der Waals surface area contributed by atoms with Gasteiger partial charge in [-0.2, -0.15) is 0 Å². The van der Waals surface area contributed by atoms with Crippen molar-refractivity contribution in [2.24, 2.45) is 5.92 Å². The van der Waals surface area contributed by atoms with Crippen molar-refractivity contribution >= 4 is 5.91 Å². The highest BCUT2D eigenvalue weighted by atomic mass is 16.1. The maximum absolute atomic E-state index is 12.4. The van der Waals surface area contributed by atoms with Crippen molar-refractivity contribution in [1.29, 1.82) is 0 Å². The molecule has 2 aromatic rings. The fourth-order valence-electron chi connectivity index (χ4n) is 2.50. The summed E-state index contributed by atoms with van der Waals surface area (Å²) in [6.07, 6.45) is 2.58. The topological polar surface area (TPSA) is 84.7 Å². The predicted molar refractivity (Wildman–Crippen MR) is 77.1 cm³/mol. The molecule has 0 spiro atoms. The average molecular weight is 286 g/mol. The second-order valence-electron chi connectivity index (χ2n) is 5.35. The zero-order valence-corrected chi connectivity index (χ0v) is 11.9. The van der Waals surface area contributed by atoms with Crippen LogP contribution in [0.1, 0.15) is 23.7 Å². The van der Waals surface area contributed by atoms with Gasteiger partial charge in [0.05, 0.1) is 5.69 Å². The predicted octanol–water partition coefficient (Wildman–Crippen LogP) is 0.390. The average Bonchev–Trinajstić information content (AvgIpc) is 3.04. The van der Waals surface area contributed by atoms with Crippen LogP contribution in [0.5, 0.6) is 0 Å². The summed E-state index contributed by atoms with van der Waals surface area (Å²) in [5, 5.41) is 17.4. The second kappa shape index (κ2) is 6.01. The van der Waals surface area contributed by atoms with Gasteiger partial charge < -0.3 is 10.6 Å². The number of carbonyl (C=O) groups is 1. The summed E-state index contributed by atoms with van der Waals surface area (Å²) in [5.41, 5.74) is 1.38. The Morgan fingerprint density at radius 1 is 1.48 bits per heavy atom. The number of nitrogens with zero attached hydrogens (tertiary/aromatic N) is 4. The molecule has 0 radical (unpaired) electrons. The Hall–Kier alpha value is -2.28. The first kappa shape index (κ1) is 13.7. The fraction of sp³-hybridized carbons (Fsp3) is 0.429. The maximum atomic E-state index is 12.4. The molecule has 7 nitrogen and oxygen atoms in total. The molecular formula is C14H18N6O. The molecule has 2 N–H and O–H groups in total. The van der Waals surface area contributed by atoms with E-state index in [4.69, 9.17) is 0 Å². The number of nitrogens with one attached hydrogen (secondary N) is 2. The third kappa shape index (κ3) is 3.08. The molecule has 0 saturated carbocycles. The Balaban J connectivity index is 1.74. The number of hydrogen-bond acceptors (Lipinski definition) is 5. The first-order valence-electron chi connectivity index (χ1n) is 7.09. The van der Waals surface area contributed by atoms with Gasteiger partial charge in [0, 0.05) is 18.2 Å². The van der Waals surface area contributed by atoms with Gasteiger partial charge in [0.2, 0.25) is 0 Å². The minimum Gasteiger partial charge on any atom is -0.348 e. The lowest BCUT2D eigenvalue weighted by Gasteiger charge is -2.30. The molecule has 2 atom stereocenters. The molecule has 3 rings (SSSR count). The molecular weight excluding hydrogens is 268 g/mol. The van der Waals surface area contributed by atoms with E-state index in [1.807, 2.05) is 12.1 Å².